The van der Waals surface area contributed by atoms with Crippen LogP contribution >= 0.6 is 0 Å². The number of aryl methyl sites for hydroxylation is 1. The zero-order chi connectivity index (χ0) is 34.7. The van der Waals surface area contributed by atoms with Crippen LogP contribution in [-0.2, 0) is 27.2 Å². The Morgan fingerprint density at radius 2 is 1.27 bits per heavy atom. The van der Waals surface area contributed by atoms with Gasteiger partial charge in [0.2, 0.25) is 0 Å². The number of benzene rings is 1. The van der Waals surface area contributed by atoms with Gasteiger partial charge in [-0.1, -0.05) is 111 Å². The molecule has 0 amide bonds. The Labute approximate surface area is 295 Å². The van der Waals surface area contributed by atoms with E-state index in [0.717, 1.165) is 122 Å². The van der Waals surface area contributed by atoms with Gasteiger partial charge in [0.15, 0.2) is 0 Å². The molecule has 1 heterocycles. The van der Waals surface area contributed by atoms with E-state index in [4.69, 9.17) is 9.47 Å². The molecule has 6 heteroatoms. The number of aliphatic hydroxyl groups excluding tert-OH is 1. The summed E-state index contributed by atoms with van der Waals surface area (Å²) in [6.07, 6.45) is 26.2. The van der Waals surface area contributed by atoms with Crippen molar-refractivity contribution in [3.8, 4) is 5.75 Å². The highest BCUT2D eigenvalue weighted by atomic mass is 16.5. The van der Waals surface area contributed by atoms with Crippen LogP contribution in [0.1, 0.15) is 191 Å². The topological polar surface area (TPSA) is 76.1 Å². The fourth-order valence-corrected chi connectivity index (χ4v) is 7.14. The Morgan fingerprint density at radius 3 is 1.92 bits per heavy atom. The second kappa shape index (κ2) is 27.9. The monoisotopic (exact) mass is 672 g/mol. The molecular weight excluding hydrogens is 598 g/mol. The highest BCUT2D eigenvalue weighted by molar-refractivity contribution is 5.72. The van der Waals surface area contributed by atoms with E-state index < -0.39 is 0 Å². The van der Waals surface area contributed by atoms with E-state index in [1.165, 1.54) is 61.6 Å². The number of nitrogens with zero attached hydrogens (tertiary/aromatic N) is 1. The number of aliphatic hydroxyl groups is 1. The molecule has 0 saturated heterocycles. The first-order chi connectivity index (χ1) is 23.5. The minimum absolute atomic E-state index is 0.0876. The molecule has 1 aliphatic rings. The molecule has 2 bridgehead atoms. The second-order valence-corrected chi connectivity index (χ2v) is 14.4. The van der Waals surface area contributed by atoms with Crippen molar-refractivity contribution in [1.82, 2.24) is 4.90 Å². The number of carbonyl (C=O) groups is 2. The summed E-state index contributed by atoms with van der Waals surface area (Å²) in [4.78, 5) is 28.5. The van der Waals surface area contributed by atoms with Crippen molar-refractivity contribution in [1.29, 1.82) is 0 Å². The number of cyclic esters (lactones) is 1. The summed E-state index contributed by atoms with van der Waals surface area (Å²) in [5.74, 6) is 0.548. The third-order valence-electron chi connectivity index (χ3n) is 10.1. The lowest BCUT2D eigenvalue weighted by Crippen LogP contribution is -2.29. The number of fused-ring (bicyclic) bond motifs is 2. The van der Waals surface area contributed by atoms with Crippen molar-refractivity contribution in [3.05, 3.63) is 28.8 Å². The van der Waals surface area contributed by atoms with Gasteiger partial charge in [0, 0.05) is 25.3 Å². The number of esters is 2. The summed E-state index contributed by atoms with van der Waals surface area (Å²) >= 11 is 0. The fraction of sp³-hybridized carbons (Fsp3) is 0.810. The summed E-state index contributed by atoms with van der Waals surface area (Å²) in [7, 11) is 0. The molecule has 2 rings (SSSR count). The smallest absolute Gasteiger partial charge is 0.311 e. The molecule has 1 aromatic rings. The van der Waals surface area contributed by atoms with Crippen molar-refractivity contribution < 1.29 is 24.2 Å². The van der Waals surface area contributed by atoms with Gasteiger partial charge in [0.1, 0.15) is 5.75 Å². The predicted octanol–water partition coefficient (Wildman–Crippen LogP) is 10.6. The lowest BCUT2D eigenvalue weighted by Gasteiger charge is -2.24. The Bertz CT molecular complexity index is 979. The number of ether oxygens (including phenoxy) is 2. The standard InChI is InChI=1S/C42H73NO5/c1-4-7-10-19-25-37-35-47-41(45)27-20-13-11-15-22-29-43(31-32-44)30-23-16-12-14-21-28-42(46)48-38-33-36(24-17-8-5-2)39(40(37)34-38)26-18-9-6-3/h33-34,37,44H,4-32,35H2,1-3H3. The van der Waals surface area contributed by atoms with Crippen molar-refractivity contribution >= 4 is 11.9 Å². The summed E-state index contributed by atoms with van der Waals surface area (Å²) < 4.78 is 12.1. The minimum atomic E-state index is -0.145. The van der Waals surface area contributed by atoms with Gasteiger partial charge in [-0.05, 0) is 99.7 Å². The van der Waals surface area contributed by atoms with Crippen LogP contribution in [0.3, 0.4) is 0 Å². The van der Waals surface area contributed by atoms with E-state index >= 15 is 0 Å². The Morgan fingerprint density at radius 1 is 0.688 bits per heavy atom. The van der Waals surface area contributed by atoms with Gasteiger partial charge in [-0.3, -0.25) is 9.59 Å². The Balaban J connectivity index is 2.33. The molecule has 0 aromatic heterocycles. The van der Waals surface area contributed by atoms with Gasteiger partial charge in [-0.2, -0.15) is 0 Å². The molecule has 0 saturated carbocycles. The van der Waals surface area contributed by atoms with E-state index in [1.807, 2.05) is 0 Å². The molecule has 0 spiro atoms. The van der Waals surface area contributed by atoms with Crippen molar-refractivity contribution in [3.63, 3.8) is 0 Å². The number of carbonyl (C=O) groups excluding carboxylic acids is 2. The molecule has 1 aromatic carbocycles. The Hall–Kier alpha value is -1.92. The van der Waals surface area contributed by atoms with E-state index in [0.29, 0.717) is 25.2 Å². The lowest BCUT2D eigenvalue weighted by molar-refractivity contribution is -0.144. The van der Waals surface area contributed by atoms with E-state index in [-0.39, 0.29) is 24.5 Å². The molecule has 0 fully saturated rings. The number of rotatable bonds is 15. The number of hydrogen-bond donors (Lipinski definition) is 1. The first kappa shape index (κ1) is 42.2. The van der Waals surface area contributed by atoms with Crippen LogP contribution < -0.4 is 4.74 Å². The third-order valence-corrected chi connectivity index (χ3v) is 10.1. The van der Waals surface area contributed by atoms with Crippen LogP contribution in [0.15, 0.2) is 12.1 Å². The fourth-order valence-electron chi connectivity index (χ4n) is 7.14. The van der Waals surface area contributed by atoms with Gasteiger partial charge in [-0.15, -0.1) is 0 Å². The van der Waals surface area contributed by atoms with Crippen LogP contribution in [-0.4, -0.2) is 54.8 Å². The molecule has 276 valence electrons. The van der Waals surface area contributed by atoms with Crippen molar-refractivity contribution in [2.45, 2.75) is 187 Å². The summed E-state index contributed by atoms with van der Waals surface area (Å²) in [5, 5.41) is 9.51. The second-order valence-electron chi connectivity index (χ2n) is 14.4. The molecular formula is C42H73NO5. The summed E-state index contributed by atoms with van der Waals surface area (Å²) in [6.45, 7) is 10.1. The molecule has 1 atom stereocenters. The number of hydrogen-bond acceptors (Lipinski definition) is 6. The molecule has 6 nitrogen and oxygen atoms in total. The van der Waals surface area contributed by atoms with E-state index in [9.17, 15) is 14.7 Å². The number of unbranched alkanes of at least 4 members (excludes halogenated alkanes) is 7. The SMILES string of the molecule is CCCCCCC1COC(=O)CCCCCCCN(CCO)CCCCCCCC(=O)Oc2cc(CCCCC)c(CCCCC)c1c2. The average molecular weight is 672 g/mol. The van der Waals surface area contributed by atoms with Crippen molar-refractivity contribution in [2.75, 3.05) is 32.8 Å². The molecule has 0 aliphatic carbocycles. The molecule has 0 radical (unpaired) electrons. The van der Waals surface area contributed by atoms with Crippen LogP contribution in [0.5, 0.6) is 5.75 Å². The predicted molar refractivity (Wildman–Crippen MR) is 200 cm³/mol. The zero-order valence-corrected chi connectivity index (χ0v) is 31.5. The normalized spacial score (nSPS) is 19.0. The van der Waals surface area contributed by atoms with Crippen LogP contribution in [0.2, 0.25) is 0 Å². The molecule has 1 aliphatic heterocycles. The van der Waals surface area contributed by atoms with Gasteiger partial charge in [0.25, 0.3) is 0 Å². The quantitative estimate of drug-likeness (QED) is 0.114. The molecule has 1 N–H and O–H groups in total. The maximum Gasteiger partial charge on any atom is 0.311 e. The average Bonchev–Trinajstić information content (AvgIpc) is 3.07. The highest BCUT2D eigenvalue weighted by Gasteiger charge is 2.22. The number of β-amino-alcohol motifs (C(OH)–C–C–N with tert-alkyl or cyclic N) is 1. The van der Waals surface area contributed by atoms with Gasteiger partial charge in [0.05, 0.1) is 13.2 Å². The summed E-state index contributed by atoms with van der Waals surface area (Å²) in [6, 6.07) is 4.29. The van der Waals surface area contributed by atoms with E-state index in [1.54, 1.807) is 0 Å². The maximum absolute atomic E-state index is 13.1. The van der Waals surface area contributed by atoms with Gasteiger partial charge < -0.3 is 19.5 Å². The van der Waals surface area contributed by atoms with Crippen LogP contribution in [0.4, 0.5) is 0 Å². The first-order valence-corrected chi connectivity index (χ1v) is 20.4. The van der Waals surface area contributed by atoms with Crippen molar-refractivity contribution in [2.24, 2.45) is 0 Å². The minimum Gasteiger partial charge on any atom is -0.465 e. The molecule has 48 heavy (non-hydrogen) atoms. The first-order valence-electron chi connectivity index (χ1n) is 20.4. The van der Waals surface area contributed by atoms with Gasteiger partial charge in [-0.25, -0.2) is 0 Å². The van der Waals surface area contributed by atoms with Crippen LogP contribution in [0, 0.1) is 0 Å². The highest BCUT2D eigenvalue weighted by Crippen LogP contribution is 2.35. The Kier molecular flexibility index (Phi) is 24.5. The largest absolute Gasteiger partial charge is 0.465 e. The van der Waals surface area contributed by atoms with Gasteiger partial charge >= 0.3 is 11.9 Å². The van der Waals surface area contributed by atoms with Crippen LogP contribution in [0.25, 0.3) is 0 Å². The maximum atomic E-state index is 13.1. The zero-order valence-electron chi connectivity index (χ0n) is 31.5. The summed E-state index contributed by atoms with van der Waals surface area (Å²) in [5.41, 5.74) is 3.98. The van der Waals surface area contributed by atoms with E-state index in [2.05, 4.69) is 37.8 Å². The third kappa shape index (κ3) is 18.7. The lowest BCUT2D eigenvalue weighted by atomic mass is 9.84. The molecule has 1 unspecified atom stereocenters.